The van der Waals surface area contributed by atoms with Crippen molar-refractivity contribution >= 4 is 38.2 Å². The number of morpholine rings is 1. The molecule has 0 aliphatic carbocycles. The number of hydrogen-bond donors (Lipinski definition) is 0. The number of pyridine rings is 1. The zero-order chi connectivity index (χ0) is 17.9. The molecule has 2 aromatic heterocycles. The topological polar surface area (TPSA) is 94.5 Å². The summed E-state index contributed by atoms with van der Waals surface area (Å²) in [5, 5.41) is -0.692. The first-order valence-corrected chi connectivity index (χ1v) is 9.82. The van der Waals surface area contributed by atoms with Crippen molar-refractivity contribution in [1.82, 2.24) is 15.0 Å². The molecule has 0 bridgehead atoms. The van der Waals surface area contributed by atoms with E-state index in [4.69, 9.17) is 21.1 Å². The summed E-state index contributed by atoms with van der Waals surface area (Å²) in [5.41, 5.74) is -0.222. The molecule has 8 nitrogen and oxygen atoms in total. The second kappa shape index (κ2) is 5.61. The molecule has 0 unspecified atom stereocenters. The van der Waals surface area contributed by atoms with Gasteiger partial charge in [0.2, 0.25) is 20.9 Å². The van der Waals surface area contributed by atoms with Gasteiger partial charge in [-0.3, -0.25) is 0 Å². The summed E-state index contributed by atoms with van der Waals surface area (Å²) in [6, 6.07) is -0.227. The third-order valence-corrected chi connectivity index (χ3v) is 5.38. The molecule has 2 atom stereocenters. The molecule has 4 rings (SSSR count). The van der Waals surface area contributed by atoms with Crippen molar-refractivity contribution in [3.8, 4) is 5.88 Å². The normalized spacial score (nSPS) is 23.1. The van der Waals surface area contributed by atoms with E-state index < -0.39 is 26.0 Å². The average Bonchev–Trinajstić information content (AvgIpc) is 2.68. The van der Waals surface area contributed by atoms with Crippen molar-refractivity contribution in [2.45, 2.75) is 24.2 Å². The fraction of sp³-hybridized carbons (Fsp3) is 0.500. The summed E-state index contributed by atoms with van der Waals surface area (Å²) in [7, 11) is -3.76. The third-order valence-electron chi connectivity index (χ3n) is 4.28. The zero-order valence-corrected chi connectivity index (χ0v) is 14.9. The number of nitrogens with zero attached hydrogens (tertiary/aromatic N) is 4. The maximum atomic E-state index is 14.6. The molecular formula is C14H14ClFN4O4S. The second-order valence-corrected chi connectivity index (χ2v) is 8.27. The van der Waals surface area contributed by atoms with Crippen molar-refractivity contribution in [3.63, 3.8) is 0 Å². The van der Waals surface area contributed by atoms with Crippen LogP contribution in [-0.2, 0) is 14.6 Å². The number of rotatable bonds is 1. The molecule has 25 heavy (non-hydrogen) atoms. The lowest BCUT2D eigenvalue weighted by Crippen LogP contribution is -2.52. The molecule has 0 saturated carbocycles. The van der Waals surface area contributed by atoms with Crippen LogP contribution < -0.4 is 9.64 Å². The van der Waals surface area contributed by atoms with E-state index in [1.807, 2.05) is 11.8 Å². The van der Waals surface area contributed by atoms with Crippen LogP contribution in [-0.4, -0.2) is 61.5 Å². The average molecular weight is 389 g/mol. The highest BCUT2D eigenvalue weighted by Crippen LogP contribution is 2.40. The van der Waals surface area contributed by atoms with Gasteiger partial charge in [-0.2, -0.15) is 4.98 Å². The highest BCUT2D eigenvalue weighted by Gasteiger charge is 2.38. The largest absolute Gasteiger partial charge is 0.472 e. The van der Waals surface area contributed by atoms with Gasteiger partial charge >= 0.3 is 0 Å². The first kappa shape index (κ1) is 16.7. The van der Waals surface area contributed by atoms with Crippen LogP contribution >= 0.6 is 11.6 Å². The van der Waals surface area contributed by atoms with Gasteiger partial charge < -0.3 is 14.4 Å². The molecule has 2 aromatic rings. The van der Waals surface area contributed by atoms with Crippen molar-refractivity contribution in [1.29, 1.82) is 0 Å². The SMILES string of the molecule is C[C@H]1Oc2nc(Cl)c(F)c3nc(S(C)(=O)=O)nc(c23)N2CCOC[C@@H]12. The molecule has 0 spiro atoms. The Labute approximate surface area is 147 Å². The van der Waals surface area contributed by atoms with Crippen LogP contribution in [0, 0.1) is 5.82 Å². The van der Waals surface area contributed by atoms with Crippen LogP contribution in [0.1, 0.15) is 6.92 Å². The maximum absolute atomic E-state index is 14.6. The number of ether oxygens (including phenoxy) is 2. The smallest absolute Gasteiger partial charge is 0.249 e. The maximum Gasteiger partial charge on any atom is 0.249 e. The van der Waals surface area contributed by atoms with Crippen LogP contribution in [0.3, 0.4) is 0 Å². The van der Waals surface area contributed by atoms with Gasteiger partial charge in [0.1, 0.15) is 22.8 Å². The number of fused-ring (bicyclic) bond motifs is 2. The number of aromatic nitrogens is 3. The van der Waals surface area contributed by atoms with Gasteiger partial charge in [-0.1, -0.05) is 11.6 Å². The van der Waals surface area contributed by atoms with E-state index in [0.717, 1.165) is 6.26 Å². The monoisotopic (exact) mass is 388 g/mol. The number of hydrogen-bond acceptors (Lipinski definition) is 8. The number of sulfone groups is 1. The van der Waals surface area contributed by atoms with E-state index in [9.17, 15) is 12.8 Å². The van der Waals surface area contributed by atoms with Crippen LogP contribution in [0.5, 0.6) is 5.88 Å². The lowest BCUT2D eigenvalue weighted by molar-refractivity contribution is 0.0524. The molecule has 4 heterocycles. The number of anilines is 1. The first-order valence-electron chi connectivity index (χ1n) is 7.55. The molecule has 1 fully saturated rings. The van der Waals surface area contributed by atoms with Crippen LogP contribution in [0.25, 0.3) is 10.9 Å². The predicted octanol–water partition coefficient (Wildman–Crippen LogP) is 1.21. The van der Waals surface area contributed by atoms with Crippen LogP contribution in [0.15, 0.2) is 5.16 Å². The van der Waals surface area contributed by atoms with E-state index in [1.54, 1.807) is 0 Å². The summed E-state index contributed by atoms with van der Waals surface area (Å²) in [6.45, 7) is 3.08. The van der Waals surface area contributed by atoms with Crippen molar-refractivity contribution in [2.75, 3.05) is 30.9 Å². The van der Waals surface area contributed by atoms with Gasteiger partial charge in [0.25, 0.3) is 0 Å². The Hall–Kier alpha value is -1.78. The van der Waals surface area contributed by atoms with E-state index in [-0.39, 0.29) is 34.7 Å². The molecule has 0 aromatic carbocycles. The van der Waals surface area contributed by atoms with E-state index in [2.05, 4.69) is 15.0 Å². The highest BCUT2D eigenvalue weighted by molar-refractivity contribution is 7.90. The summed E-state index contributed by atoms with van der Waals surface area (Å²) < 4.78 is 49.9. The van der Waals surface area contributed by atoms with E-state index >= 15 is 0 Å². The van der Waals surface area contributed by atoms with Crippen molar-refractivity contribution in [3.05, 3.63) is 11.0 Å². The fourth-order valence-electron chi connectivity index (χ4n) is 3.06. The Kier molecular flexibility index (Phi) is 3.74. The molecule has 11 heteroatoms. The van der Waals surface area contributed by atoms with Crippen LogP contribution in [0.2, 0.25) is 5.15 Å². The number of halogens is 2. The highest BCUT2D eigenvalue weighted by atomic mass is 35.5. The van der Waals surface area contributed by atoms with Gasteiger partial charge in [-0.15, -0.1) is 0 Å². The Balaban J connectivity index is 2.12. The fourth-order valence-corrected chi connectivity index (χ4v) is 3.74. The third kappa shape index (κ3) is 2.59. The molecule has 0 amide bonds. The van der Waals surface area contributed by atoms with Gasteiger partial charge in [0.15, 0.2) is 11.0 Å². The van der Waals surface area contributed by atoms with E-state index in [1.165, 1.54) is 0 Å². The summed E-state index contributed by atoms with van der Waals surface area (Å²) in [5.74, 6) is -0.559. The molecule has 2 aliphatic heterocycles. The summed E-state index contributed by atoms with van der Waals surface area (Å²) in [4.78, 5) is 13.9. The Morgan fingerprint density at radius 1 is 1.32 bits per heavy atom. The molecule has 2 aliphatic rings. The molecule has 134 valence electrons. The van der Waals surface area contributed by atoms with Crippen LogP contribution in [0.4, 0.5) is 10.2 Å². The van der Waals surface area contributed by atoms with Gasteiger partial charge in [0, 0.05) is 12.8 Å². The lowest BCUT2D eigenvalue weighted by Gasteiger charge is -2.37. The Bertz CT molecular complexity index is 987. The molecular weight excluding hydrogens is 375 g/mol. The quantitative estimate of drug-likeness (QED) is 0.531. The lowest BCUT2D eigenvalue weighted by atomic mass is 10.1. The Morgan fingerprint density at radius 2 is 2.08 bits per heavy atom. The zero-order valence-electron chi connectivity index (χ0n) is 13.4. The van der Waals surface area contributed by atoms with Crippen molar-refractivity contribution < 1.29 is 22.3 Å². The van der Waals surface area contributed by atoms with Gasteiger partial charge in [-0.25, -0.2) is 22.8 Å². The molecule has 0 radical (unpaired) electrons. The second-order valence-electron chi connectivity index (χ2n) is 6.01. The minimum absolute atomic E-state index is 0.0818. The minimum atomic E-state index is -3.76. The van der Waals surface area contributed by atoms with Crippen molar-refractivity contribution in [2.24, 2.45) is 0 Å². The minimum Gasteiger partial charge on any atom is -0.472 e. The molecule has 1 saturated heterocycles. The molecule has 0 N–H and O–H groups in total. The summed E-state index contributed by atoms with van der Waals surface area (Å²) >= 11 is 5.85. The predicted molar refractivity (Wildman–Crippen MR) is 87.5 cm³/mol. The first-order chi connectivity index (χ1) is 11.8. The van der Waals surface area contributed by atoms with Gasteiger partial charge in [-0.05, 0) is 6.92 Å². The Morgan fingerprint density at radius 3 is 2.80 bits per heavy atom. The summed E-state index contributed by atoms with van der Waals surface area (Å²) in [6.07, 6.45) is 0.614. The van der Waals surface area contributed by atoms with E-state index in [0.29, 0.717) is 19.8 Å². The standard InChI is InChI=1S/C14H14ClFN4O4S/c1-6-7-5-23-4-3-20(7)12-8-10(17-14(19-12)25(2,21)22)9(16)11(15)18-13(8)24-6/h6-7H,3-5H2,1-2H3/t6-,7+/m1/s1. The van der Waals surface area contributed by atoms with Gasteiger partial charge in [0.05, 0.1) is 19.3 Å².